The van der Waals surface area contributed by atoms with Gasteiger partial charge in [-0.05, 0) is 17.7 Å². The van der Waals surface area contributed by atoms with Crippen LogP contribution in [0.15, 0.2) is 36.9 Å². The second-order valence-electron chi connectivity index (χ2n) is 5.09. The molecule has 0 bridgehead atoms. The van der Waals surface area contributed by atoms with Crippen LogP contribution in [0.25, 0.3) is 0 Å². The summed E-state index contributed by atoms with van der Waals surface area (Å²) >= 11 is 5.88. The summed E-state index contributed by atoms with van der Waals surface area (Å²) in [5, 5.41) is 4.91. The fourth-order valence-corrected chi connectivity index (χ4v) is 2.61. The summed E-state index contributed by atoms with van der Waals surface area (Å²) in [5.41, 5.74) is 1.33. The summed E-state index contributed by atoms with van der Waals surface area (Å²) in [6.07, 6.45) is 7.26. The molecular formula is C14H18ClN5. The van der Waals surface area contributed by atoms with E-state index in [1.165, 1.54) is 5.56 Å². The zero-order valence-electron chi connectivity index (χ0n) is 11.3. The number of rotatable bonds is 4. The molecule has 0 spiro atoms. The van der Waals surface area contributed by atoms with E-state index in [2.05, 4.69) is 32.0 Å². The molecule has 1 aliphatic rings. The van der Waals surface area contributed by atoms with Crippen LogP contribution in [0.4, 0.5) is 0 Å². The van der Waals surface area contributed by atoms with E-state index in [1.807, 2.05) is 23.3 Å². The van der Waals surface area contributed by atoms with Gasteiger partial charge in [-0.2, -0.15) is 5.10 Å². The molecular weight excluding hydrogens is 274 g/mol. The van der Waals surface area contributed by atoms with Gasteiger partial charge in [-0.25, -0.2) is 0 Å². The molecule has 2 aromatic rings. The molecule has 1 aliphatic heterocycles. The summed E-state index contributed by atoms with van der Waals surface area (Å²) < 4.78 is 1.89. The van der Waals surface area contributed by atoms with Crippen LogP contribution in [0.1, 0.15) is 5.56 Å². The van der Waals surface area contributed by atoms with E-state index in [9.17, 15) is 0 Å². The molecule has 0 unspecified atom stereocenters. The first kappa shape index (κ1) is 13.5. The van der Waals surface area contributed by atoms with Gasteiger partial charge < -0.3 is 0 Å². The highest BCUT2D eigenvalue weighted by atomic mass is 35.5. The van der Waals surface area contributed by atoms with E-state index in [1.54, 1.807) is 6.20 Å². The molecule has 2 aromatic heterocycles. The van der Waals surface area contributed by atoms with Crippen LogP contribution < -0.4 is 0 Å². The highest BCUT2D eigenvalue weighted by Crippen LogP contribution is 2.10. The molecule has 0 atom stereocenters. The fraction of sp³-hybridized carbons (Fsp3) is 0.429. The molecule has 1 saturated heterocycles. The van der Waals surface area contributed by atoms with E-state index >= 15 is 0 Å². The van der Waals surface area contributed by atoms with Gasteiger partial charge in [0.25, 0.3) is 0 Å². The maximum absolute atomic E-state index is 5.88. The van der Waals surface area contributed by atoms with Crippen LogP contribution in [-0.2, 0) is 13.2 Å². The molecule has 3 rings (SSSR count). The molecule has 3 heterocycles. The molecule has 1 fully saturated rings. The summed E-state index contributed by atoms with van der Waals surface area (Å²) in [6.45, 7) is 6.10. The van der Waals surface area contributed by atoms with E-state index in [4.69, 9.17) is 11.6 Å². The Morgan fingerprint density at radius 1 is 1.05 bits per heavy atom. The Balaban J connectivity index is 1.47. The molecule has 5 nitrogen and oxygen atoms in total. The lowest BCUT2D eigenvalue weighted by Crippen LogP contribution is -2.46. The van der Waals surface area contributed by atoms with Crippen LogP contribution >= 0.6 is 11.6 Å². The zero-order valence-corrected chi connectivity index (χ0v) is 12.1. The Labute approximate surface area is 123 Å². The van der Waals surface area contributed by atoms with Crippen LogP contribution in [0, 0.1) is 0 Å². The van der Waals surface area contributed by atoms with Crippen molar-refractivity contribution in [2.45, 2.75) is 13.2 Å². The molecule has 0 aromatic carbocycles. The van der Waals surface area contributed by atoms with Crippen molar-refractivity contribution < 1.29 is 0 Å². The second-order valence-corrected chi connectivity index (χ2v) is 5.53. The van der Waals surface area contributed by atoms with Gasteiger partial charge in [-0.1, -0.05) is 11.6 Å². The Morgan fingerprint density at radius 3 is 2.40 bits per heavy atom. The van der Waals surface area contributed by atoms with E-state index in [0.29, 0.717) is 5.02 Å². The fourth-order valence-electron chi connectivity index (χ4n) is 2.46. The summed E-state index contributed by atoms with van der Waals surface area (Å²) in [5.74, 6) is 0. The largest absolute Gasteiger partial charge is 0.297 e. The molecule has 106 valence electrons. The molecule has 0 amide bonds. The van der Waals surface area contributed by atoms with Gasteiger partial charge in [-0.15, -0.1) is 0 Å². The van der Waals surface area contributed by atoms with Gasteiger partial charge in [0.15, 0.2) is 0 Å². The number of aromatic nitrogens is 3. The smallest absolute Gasteiger partial charge is 0.0930 e. The minimum absolute atomic E-state index is 0.696. The third-order valence-corrected chi connectivity index (χ3v) is 3.76. The van der Waals surface area contributed by atoms with E-state index < -0.39 is 0 Å². The minimum Gasteiger partial charge on any atom is -0.297 e. The molecule has 0 aliphatic carbocycles. The van der Waals surface area contributed by atoms with Crippen LogP contribution in [-0.4, -0.2) is 50.7 Å². The highest BCUT2D eigenvalue weighted by Gasteiger charge is 2.17. The lowest BCUT2D eigenvalue weighted by Gasteiger charge is -2.34. The third-order valence-electron chi connectivity index (χ3n) is 3.57. The normalized spacial score (nSPS) is 17.4. The van der Waals surface area contributed by atoms with Gasteiger partial charge in [0, 0.05) is 51.3 Å². The predicted octanol–water partition coefficient (Wildman–Crippen LogP) is 1.71. The van der Waals surface area contributed by atoms with Crippen molar-refractivity contribution in [3.63, 3.8) is 0 Å². The average Bonchev–Trinajstić information content (AvgIpc) is 2.88. The van der Waals surface area contributed by atoms with Crippen molar-refractivity contribution >= 4 is 11.6 Å². The maximum Gasteiger partial charge on any atom is 0.0930 e. The van der Waals surface area contributed by atoms with Crippen molar-refractivity contribution in [1.82, 2.24) is 24.6 Å². The molecule has 0 N–H and O–H groups in total. The molecule has 0 saturated carbocycles. The number of piperazine rings is 1. The monoisotopic (exact) mass is 291 g/mol. The summed E-state index contributed by atoms with van der Waals surface area (Å²) in [4.78, 5) is 8.92. The number of pyridine rings is 1. The molecule has 0 radical (unpaired) electrons. The van der Waals surface area contributed by atoms with Crippen molar-refractivity contribution in [2.24, 2.45) is 0 Å². The number of hydrogen-bond donors (Lipinski definition) is 0. The molecule has 6 heteroatoms. The molecule has 20 heavy (non-hydrogen) atoms. The highest BCUT2D eigenvalue weighted by molar-refractivity contribution is 6.30. The van der Waals surface area contributed by atoms with E-state index in [0.717, 1.165) is 39.4 Å². The second kappa shape index (κ2) is 6.35. The number of hydrogen-bond acceptors (Lipinski definition) is 4. The summed E-state index contributed by atoms with van der Waals surface area (Å²) in [7, 11) is 0. The van der Waals surface area contributed by atoms with Gasteiger partial charge in [-0.3, -0.25) is 19.5 Å². The minimum atomic E-state index is 0.696. The Bertz CT molecular complexity index is 534. The Morgan fingerprint density at radius 2 is 1.75 bits per heavy atom. The predicted molar refractivity (Wildman–Crippen MR) is 78.3 cm³/mol. The van der Waals surface area contributed by atoms with Crippen LogP contribution in [0.2, 0.25) is 5.02 Å². The topological polar surface area (TPSA) is 37.2 Å². The van der Waals surface area contributed by atoms with Gasteiger partial charge in [0.2, 0.25) is 0 Å². The van der Waals surface area contributed by atoms with E-state index in [-0.39, 0.29) is 0 Å². The number of nitrogens with zero attached hydrogens (tertiary/aromatic N) is 5. The third kappa shape index (κ3) is 3.56. The zero-order chi connectivity index (χ0) is 13.8. The Hall–Kier alpha value is -1.43. The van der Waals surface area contributed by atoms with Gasteiger partial charge in [0.05, 0.1) is 17.9 Å². The lowest BCUT2D eigenvalue weighted by molar-refractivity contribution is 0.0988. The van der Waals surface area contributed by atoms with Crippen molar-refractivity contribution in [3.05, 3.63) is 47.5 Å². The summed E-state index contributed by atoms with van der Waals surface area (Å²) in [6, 6.07) is 4.16. The van der Waals surface area contributed by atoms with Crippen LogP contribution in [0.3, 0.4) is 0 Å². The first-order valence-corrected chi connectivity index (χ1v) is 7.19. The Kier molecular flexibility index (Phi) is 4.30. The quantitative estimate of drug-likeness (QED) is 0.859. The average molecular weight is 292 g/mol. The van der Waals surface area contributed by atoms with Crippen molar-refractivity contribution in [1.29, 1.82) is 0 Å². The lowest BCUT2D eigenvalue weighted by atomic mass is 10.2. The van der Waals surface area contributed by atoms with Crippen molar-refractivity contribution in [2.75, 3.05) is 26.2 Å². The SMILES string of the molecule is Clc1cnn(CN2CCN(Cc3ccncc3)CC2)c1. The van der Waals surface area contributed by atoms with Gasteiger partial charge in [0.1, 0.15) is 0 Å². The van der Waals surface area contributed by atoms with Crippen LogP contribution in [0.5, 0.6) is 0 Å². The van der Waals surface area contributed by atoms with Gasteiger partial charge >= 0.3 is 0 Å². The first-order valence-electron chi connectivity index (χ1n) is 6.81. The maximum atomic E-state index is 5.88. The standard InChI is InChI=1S/C14H18ClN5/c15-14-9-17-20(11-14)12-19-7-5-18(6-8-19)10-13-1-3-16-4-2-13/h1-4,9,11H,5-8,10,12H2. The first-order chi connectivity index (χ1) is 9.79. The van der Waals surface area contributed by atoms with Crippen molar-refractivity contribution in [3.8, 4) is 0 Å². The number of halogens is 1.